The molecule has 2 aromatic carbocycles. The first kappa shape index (κ1) is 21.5. The Bertz CT molecular complexity index is 1020. The van der Waals surface area contributed by atoms with Gasteiger partial charge in [0.15, 0.2) is 0 Å². The first-order valence-electron chi connectivity index (χ1n) is 12.9. The number of hydrogen-bond donors (Lipinski definition) is 2. The molecule has 0 unspecified atom stereocenters. The van der Waals surface area contributed by atoms with Crippen molar-refractivity contribution in [2.24, 2.45) is 0 Å². The minimum atomic E-state index is -3.76. The van der Waals surface area contributed by atoms with E-state index >= 15 is 0 Å². The number of phenolic OH excluding ortho intramolecular Hbond substituents is 2. The number of phenols is 2. The summed E-state index contributed by atoms with van der Waals surface area (Å²) in [4.78, 5) is 0.628. The fourth-order valence-corrected chi connectivity index (χ4v) is 7.27. The second-order valence-electron chi connectivity index (χ2n) is 10.9. The molecule has 4 aliphatic rings. The van der Waals surface area contributed by atoms with Gasteiger partial charge in [-0.15, -0.1) is 0 Å². The van der Waals surface area contributed by atoms with Crippen LogP contribution in [0, 0.1) is 0 Å². The maximum atomic E-state index is 14.0. The van der Waals surface area contributed by atoms with Gasteiger partial charge in [-0.25, -0.2) is 8.42 Å². The van der Waals surface area contributed by atoms with Crippen molar-refractivity contribution in [3.05, 3.63) is 46.5 Å². The summed E-state index contributed by atoms with van der Waals surface area (Å²) in [6.45, 7) is 0. The topological polar surface area (TPSA) is 74.6 Å². The molecule has 6 rings (SSSR count). The van der Waals surface area contributed by atoms with E-state index in [9.17, 15) is 18.6 Å². The molecule has 0 radical (unpaired) electrons. The molecule has 0 heterocycles. The highest BCUT2D eigenvalue weighted by Gasteiger charge is 2.34. The van der Waals surface area contributed by atoms with Crippen molar-refractivity contribution in [3.63, 3.8) is 0 Å². The second-order valence-corrected chi connectivity index (χ2v) is 12.9. The van der Waals surface area contributed by atoms with E-state index in [4.69, 9.17) is 0 Å². The van der Waals surface area contributed by atoms with Crippen LogP contribution in [-0.2, 0) is 9.84 Å². The van der Waals surface area contributed by atoms with E-state index in [1.165, 1.54) is 0 Å². The van der Waals surface area contributed by atoms with Crippen LogP contribution < -0.4 is 0 Å². The Hall–Kier alpha value is -2.01. The van der Waals surface area contributed by atoms with E-state index in [1.54, 1.807) is 24.3 Å². The van der Waals surface area contributed by atoms with Crippen LogP contribution >= 0.6 is 0 Å². The molecule has 4 fully saturated rings. The van der Waals surface area contributed by atoms with Crippen molar-refractivity contribution >= 4 is 9.84 Å². The standard InChI is InChI=1S/C28H34O4S/c29-27-23(17-5-1-6-17)13-21(14-24(27)18-7-2-8-18)33(31,32)22-15-25(19-9-3-10-19)28(30)26(16-22)20-11-4-12-20/h13-20,29-30H,1-12H2. The molecule has 0 spiro atoms. The number of rotatable bonds is 6. The van der Waals surface area contributed by atoms with E-state index in [2.05, 4.69) is 0 Å². The average molecular weight is 467 g/mol. The summed E-state index contributed by atoms with van der Waals surface area (Å²) in [6, 6.07) is 6.98. The van der Waals surface area contributed by atoms with Gasteiger partial charge in [-0.05, 0) is 122 Å². The van der Waals surface area contributed by atoms with E-state index in [0.29, 0.717) is 21.3 Å². The van der Waals surface area contributed by atoms with Crippen molar-refractivity contribution in [1.29, 1.82) is 0 Å². The molecule has 4 aliphatic carbocycles. The number of hydrogen-bond acceptors (Lipinski definition) is 4. The third-order valence-corrected chi connectivity index (χ3v) is 10.8. The van der Waals surface area contributed by atoms with Crippen LogP contribution in [0.3, 0.4) is 0 Å². The number of aromatic hydroxyl groups is 2. The van der Waals surface area contributed by atoms with Gasteiger partial charge in [0.1, 0.15) is 11.5 Å². The predicted molar refractivity (Wildman–Crippen MR) is 128 cm³/mol. The molecule has 0 bridgehead atoms. The molecule has 2 aromatic rings. The summed E-state index contributed by atoms with van der Waals surface area (Å²) in [5.74, 6) is 1.70. The molecule has 0 aromatic heterocycles. The lowest BCUT2D eigenvalue weighted by Gasteiger charge is -2.32. The smallest absolute Gasteiger partial charge is 0.206 e. The molecule has 33 heavy (non-hydrogen) atoms. The van der Waals surface area contributed by atoms with Crippen LogP contribution in [0.25, 0.3) is 0 Å². The quantitative estimate of drug-likeness (QED) is 0.480. The van der Waals surface area contributed by atoms with Crippen LogP contribution in [0.4, 0.5) is 0 Å². The van der Waals surface area contributed by atoms with Crippen LogP contribution in [-0.4, -0.2) is 18.6 Å². The molecule has 0 amide bonds. The van der Waals surface area contributed by atoms with E-state index in [0.717, 1.165) is 99.3 Å². The highest BCUT2D eigenvalue weighted by atomic mass is 32.2. The van der Waals surface area contributed by atoms with Gasteiger partial charge in [-0.1, -0.05) is 25.7 Å². The summed E-state index contributed by atoms with van der Waals surface area (Å²) in [5, 5.41) is 22.1. The zero-order valence-corrected chi connectivity index (χ0v) is 20.0. The number of sulfone groups is 1. The first-order chi connectivity index (χ1) is 15.9. The lowest BCUT2D eigenvalue weighted by atomic mass is 9.75. The Morgan fingerprint density at radius 2 is 0.758 bits per heavy atom. The zero-order valence-electron chi connectivity index (χ0n) is 19.2. The molecule has 5 heteroatoms. The van der Waals surface area contributed by atoms with E-state index in [-0.39, 0.29) is 23.7 Å². The van der Waals surface area contributed by atoms with Gasteiger partial charge in [-0.3, -0.25) is 0 Å². The maximum absolute atomic E-state index is 14.0. The summed E-state index contributed by atoms with van der Waals surface area (Å²) in [5.41, 5.74) is 3.28. The normalized spacial score (nSPS) is 22.3. The fourth-order valence-electron chi connectivity index (χ4n) is 5.87. The minimum Gasteiger partial charge on any atom is -0.507 e. The van der Waals surface area contributed by atoms with Crippen LogP contribution in [0.15, 0.2) is 34.1 Å². The van der Waals surface area contributed by atoms with Crippen LogP contribution in [0.1, 0.15) is 123 Å². The van der Waals surface area contributed by atoms with Gasteiger partial charge in [0, 0.05) is 0 Å². The Morgan fingerprint density at radius 1 is 0.515 bits per heavy atom. The van der Waals surface area contributed by atoms with Gasteiger partial charge in [0.05, 0.1) is 9.79 Å². The van der Waals surface area contributed by atoms with Crippen molar-refractivity contribution < 1.29 is 18.6 Å². The molecule has 4 saturated carbocycles. The van der Waals surface area contributed by atoms with Gasteiger partial charge < -0.3 is 10.2 Å². The van der Waals surface area contributed by atoms with Crippen molar-refractivity contribution in [1.82, 2.24) is 0 Å². The average Bonchev–Trinajstić information content (AvgIpc) is 2.61. The highest BCUT2D eigenvalue weighted by molar-refractivity contribution is 7.91. The largest absolute Gasteiger partial charge is 0.507 e. The van der Waals surface area contributed by atoms with E-state index in [1.807, 2.05) is 0 Å². The number of benzene rings is 2. The molecule has 4 nitrogen and oxygen atoms in total. The molecular formula is C28H34O4S. The Kier molecular flexibility index (Phi) is 5.24. The van der Waals surface area contributed by atoms with Crippen molar-refractivity contribution in [2.45, 2.75) is 111 Å². The summed E-state index contributed by atoms with van der Waals surface area (Å²) >= 11 is 0. The minimum absolute atomic E-state index is 0.259. The van der Waals surface area contributed by atoms with Gasteiger partial charge in [-0.2, -0.15) is 0 Å². The highest BCUT2D eigenvalue weighted by Crippen LogP contribution is 2.50. The Labute approximate surface area is 197 Å². The van der Waals surface area contributed by atoms with Gasteiger partial charge in [0.2, 0.25) is 9.84 Å². The molecule has 0 saturated heterocycles. The van der Waals surface area contributed by atoms with Crippen LogP contribution in [0.5, 0.6) is 11.5 Å². The molecular weight excluding hydrogens is 432 g/mol. The molecule has 2 N–H and O–H groups in total. The predicted octanol–water partition coefficient (Wildman–Crippen LogP) is 7.00. The van der Waals surface area contributed by atoms with Gasteiger partial charge in [0.25, 0.3) is 0 Å². The molecule has 0 aliphatic heterocycles. The summed E-state index contributed by atoms with van der Waals surface area (Å²) in [6.07, 6.45) is 12.6. The third kappa shape index (κ3) is 3.50. The SMILES string of the molecule is O=S(=O)(c1cc(C2CCC2)c(O)c(C2CCC2)c1)c1cc(C2CCC2)c(O)c(C2CCC2)c1. The second kappa shape index (κ2) is 8.04. The zero-order chi connectivity index (χ0) is 22.7. The van der Waals surface area contributed by atoms with Crippen molar-refractivity contribution in [2.75, 3.05) is 0 Å². The maximum Gasteiger partial charge on any atom is 0.206 e. The lowest BCUT2D eigenvalue weighted by molar-refractivity contribution is 0.368. The van der Waals surface area contributed by atoms with Gasteiger partial charge >= 0.3 is 0 Å². The lowest BCUT2D eigenvalue weighted by Crippen LogP contribution is -2.17. The summed E-state index contributed by atoms with van der Waals surface area (Å²) < 4.78 is 28.0. The monoisotopic (exact) mass is 466 g/mol. The Balaban J connectivity index is 1.48. The third-order valence-electron chi connectivity index (χ3n) is 9.09. The Morgan fingerprint density at radius 3 is 0.939 bits per heavy atom. The molecule has 176 valence electrons. The summed E-state index contributed by atoms with van der Waals surface area (Å²) in [7, 11) is -3.76. The van der Waals surface area contributed by atoms with E-state index < -0.39 is 9.84 Å². The molecule has 0 atom stereocenters. The fraction of sp³-hybridized carbons (Fsp3) is 0.571. The van der Waals surface area contributed by atoms with Crippen LogP contribution in [0.2, 0.25) is 0 Å². The first-order valence-corrected chi connectivity index (χ1v) is 14.4. The van der Waals surface area contributed by atoms with Crippen molar-refractivity contribution in [3.8, 4) is 11.5 Å².